The average Bonchev–Trinajstić information content (AvgIpc) is 3.11. The highest BCUT2D eigenvalue weighted by Crippen LogP contribution is 2.39. The van der Waals surface area contributed by atoms with E-state index in [1.807, 2.05) is 0 Å². The van der Waals surface area contributed by atoms with Crippen LogP contribution in [0.5, 0.6) is 0 Å². The Labute approximate surface area is 181 Å². The van der Waals surface area contributed by atoms with Gasteiger partial charge in [-0.3, -0.25) is 14.6 Å². The number of halogens is 3. The van der Waals surface area contributed by atoms with Gasteiger partial charge in [-0.1, -0.05) is 6.07 Å². The summed E-state index contributed by atoms with van der Waals surface area (Å²) in [4.78, 5) is 17.0. The normalized spacial score (nSPS) is 19.1. The van der Waals surface area contributed by atoms with E-state index < -0.39 is 11.6 Å². The van der Waals surface area contributed by atoms with Gasteiger partial charge in [0.25, 0.3) is 0 Å². The zero-order valence-corrected chi connectivity index (χ0v) is 17.8. The predicted molar refractivity (Wildman–Crippen MR) is 114 cm³/mol. The number of carbonyl (C=O) groups excluding carboxylic acids is 1. The summed E-state index contributed by atoms with van der Waals surface area (Å²) in [6.45, 7) is 5.15. The highest BCUT2D eigenvalue weighted by molar-refractivity contribution is 5.92. The van der Waals surface area contributed by atoms with Crippen LogP contribution in [0.15, 0.2) is 36.4 Å². The number of nitrogens with one attached hydrogen (secondary N) is 1. The number of aryl methyl sites for hydroxylation is 1. The maximum atomic E-state index is 13.6. The third-order valence-corrected chi connectivity index (χ3v) is 6.69. The second-order valence-corrected chi connectivity index (χ2v) is 8.79. The smallest absolute Gasteiger partial charge is 0.238 e. The van der Waals surface area contributed by atoms with Gasteiger partial charge in [0, 0.05) is 30.9 Å². The molecule has 166 valence electrons. The number of likely N-dealkylation sites (tertiary alicyclic amines) is 2. The number of rotatable bonds is 5. The summed E-state index contributed by atoms with van der Waals surface area (Å²) >= 11 is 0. The largest absolute Gasteiger partial charge is 0.325 e. The van der Waals surface area contributed by atoms with Gasteiger partial charge in [-0.05, 0) is 80.6 Å². The molecule has 4 rings (SSSR count). The van der Waals surface area contributed by atoms with Gasteiger partial charge in [-0.25, -0.2) is 13.2 Å². The van der Waals surface area contributed by atoms with Crippen molar-refractivity contribution in [3.05, 3.63) is 65.0 Å². The van der Waals surface area contributed by atoms with Crippen LogP contribution >= 0.6 is 0 Å². The molecule has 0 saturated carbocycles. The van der Waals surface area contributed by atoms with E-state index in [4.69, 9.17) is 0 Å². The predicted octanol–water partition coefficient (Wildman–Crippen LogP) is 4.48. The van der Waals surface area contributed by atoms with E-state index in [1.54, 1.807) is 25.1 Å². The molecule has 7 heteroatoms. The minimum absolute atomic E-state index is 0.0614. The Kier molecular flexibility index (Phi) is 6.34. The molecule has 2 aromatic carbocycles. The first kappa shape index (κ1) is 21.8. The average molecular weight is 432 g/mol. The Bertz CT molecular complexity index is 957. The molecular formula is C24H28F3N3O. The third kappa shape index (κ3) is 4.93. The van der Waals surface area contributed by atoms with Crippen molar-refractivity contribution in [2.45, 2.75) is 44.7 Å². The van der Waals surface area contributed by atoms with Crippen molar-refractivity contribution in [3.63, 3.8) is 0 Å². The summed E-state index contributed by atoms with van der Waals surface area (Å²) in [5, 5.41) is 2.85. The lowest BCUT2D eigenvalue weighted by Crippen LogP contribution is -2.52. The van der Waals surface area contributed by atoms with Crippen LogP contribution in [0.3, 0.4) is 0 Å². The van der Waals surface area contributed by atoms with Crippen molar-refractivity contribution in [2.24, 2.45) is 0 Å². The van der Waals surface area contributed by atoms with Crippen LogP contribution < -0.4 is 5.32 Å². The topological polar surface area (TPSA) is 35.6 Å². The molecule has 0 aromatic heterocycles. The summed E-state index contributed by atoms with van der Waals surface area (Å²) in [5.74, 6) is -2.01. The molecule has 4 nitrogen and oxygen atoms in total. The minimum Gasteiger partial charge on any atom is -0.325 e. The van der Waals surface area contributed by atoms with Crippen molar-refractivity contribution in [1.82, 2.24) is 9.80 Å². The lowest BCUT2D eigenvalue weighted by atomic mass is 9.84. The molecule has 0 radical (unpaired) electrons. The Morgan fingerprint density at radius 1 is 0.968 bits per heavy atom. The number of nitrogens with zero attached hydrogens (tertiary/aromatic N) is 2. The summed E-state index contributed by atoms with van der Waals surface area (Å²) in [5.41, 5.74) is 1.95. The molecule has 2 aromatic rings. The van der Waals surface area contributed by atoms with Crippen LogP contribution in [-0.2, 0) is 11.3 Å². The number of hydrogen-bond acceptors (Lipinski definition) is 3. The Morgan fingerprint density at radius 2 is 1.71 bits per heavy atom. The summed E-state index contributed by atoms with van der Waals surface area (Å²) in [6, 6.07) is 8.70. The number of amides is 1. The SMILES string of the molecule is Cc1cc(NC(=O)CN2CCC3(CCCN3Cc3ccc(F)c(F)c3)CC2)ccc1F. The quantitative estimate of drug-likeness (QED) is 0.758. The molecule has 0 bridgehead atoms. The molecular weight excluding hydrogens is 403 g/mol. The first-order chi connectivity index (χ1) is 14.8. The van der Waals surface area contributed by atoms with E-state index in [2.05, 4.69) is 15.1 Å². The van der Waals surface area contributed by atoms with Crippen LogP contribution in [0, 0.1) is 24.4 Å². The molecule has 2 heterocycles. The first-order valence-electron chi connectivity index (χ1n) is 10.8. The minimum atomic E-state index is -0.817. The Hall–Kier alpha value is -2.38. The fourth-order valence-corrected chi connectivity index (χ4v) is 4.92. The standard InChI is InChI=1S/C24H28F3N3O/c1-17-13-19(4-6-20(17)25)28-23(31)16-29-11-8-24(9-12-29)7-2-10-30(24)15-18-3-5-21(26)22(27)14-18/h3-6,13-14H,2,7-12,15-16H2,1H3,(H,28,31). The van der Waals surface area contributed by atoms with Crippen LogP contribution in [0.2, 0.25) is 0 Å². The van der Waals surface area contributed by atoms with Crippen molar-refractivity contribution in [3.8, 4) is 0 Å². The third-order valence-electron chi connectivity index (χ3n) is 6.69. The zero-order chi connectivity index (χ0) is 22.0. The van der Waals surface area contributed by atoms with E-state index in [-0.39, 0.29) is 17.3 Å². The lowest BCUT2D eigenvalue weighted by molar-refractivity contribution is -0.118. The Morgan fingerprint density at radius 3 is 2.42 bits per heavy atom. The molecule has 1 amide bonds. The molecule has 0 atom stereocenters. The van der Waals surface area contributed by atoms with Crippen LogP contribution in [0.25, 0.3) is 0 Å². The monoisotopic (exact) mass is 431 g/mol. The van der Waals surface area contributed by atoms with Crippen molar-refractivity contribution in [1.29, 1.82) is 0 Å². The van der Waals surface area contributed by atoms with E-state index in [1.165, 1.54) is 18.2 Å². The zero-order valence-electron chi connectivity index (χ0n) is 17.8. The van der Waals surface area contributed by atoms with Gasteiger partial charge in [-0.15, -0.1) is 0 Å². The summed E-state index contributed by atoms with van der Waals surface area (Å²) in [6.07, 6.45) is 4.07. The number of piperidine rings is 1. The van der Waals surface area contributed by atoms with Gasteiger partial charge in [0.1, 0.15) is 5.82 Å². The van der Waals surface area contributed by atoms with Gasteiger partial charge < -0.3 is 5.32 Å². The Balaban J connectivity index is 1.31. The number of benzene rings is 2. The highest BCUT2D eigenvalue weighted by atomic mass is 19.2. The second kappa shape index (κ2) is 9.01. The molecule has 2 saturated heterocycles. The lowest BCUT2D eigenvalue weighted by Gasteiger charge is -2.45. The first-order valence-corrected chi connectivity index (χ1v) is 10.8. The van der Waals surface area contributed by atoms with E-state index in [0.29, 0.717) is 24.3 Å². The summed E-state index contributed by atoms with van der Waals surface area (Å²) in [7, 11) is 0. The molecule has 2 aliphatic heterocycles. The fraction of sp³-hybridized carbons (Fsp3) is 0.458. The molecule has 2 aliphatic rings. The van der Waals surface area contributed by atoms with Gasteiger partial charge in [0.2, 0.25) is 5.91 Å². The number of carbonyl (C=O) groups is 1. The van der Waals surface area contributed by atoms with Gasteiger partial charge in [0.15, 0.2) is 11.6 Å². The molecule has 1 spiro atoms. The molecule has 0 aliphatic carbocycles. The van der Waals surface area contributed by atoms with E-state index in [0.717, 1.165) is 50.9 Å². The molecule has 0 unspecified atom stereocenters. The van der Waals surface area contributed by atoms with Crippen LogP contribution in [-0.4, -0.2) is 47.4 Å². The maximum Gasteiger partial charge on any atom is 0.238 e. The fourth-order valence-electron chi connectivity index (χ4n) is 4.92. The highest BCUT2D eigenvalue weighted by Gasteiger charge is 2.43. The van der Waals surface area contributed by atoms with Gasteiger partial charge >= 0.3 is 0 Å². The molecule has 2 fully saturated rings. The maximum absolute atomic E-state index is 13.6. The van der Waals surface area contributed by atoms with Crippen LogP contribution in [0.4, 0.5) is 18.9 Å². The van der Waals surface area contributed by atoms with Crippen molar-refractivity contribution in [2.75, 3.05) is 31.5 Å². The molecule has 31 heavy (non-hydrogen) atoms. The van der Waals surface area contributed by atoms with E-state index >= 15 is 0 Å². The number of anilines is 1. The van der Waals surface area contributed by atoms with Gasteiger partial charge in [0.05, 0.1) is 6.54 Å². The van der Waals surface area contributed by atoms with Crippen molar-refractivity contribution >= 4 is 11.6 Å². The second-order valence-electron chi connectivity index (χ2n) is 8.79. The summed E-state index contributed by atoms with van der Waals surface area (Å²) < 4.78 is 40.2. The number of hydrogen-bond donors (Lipinski definition) is 1. The van der Waals surface area contributed by atoms with Gasteiger partial charge in [-0.2, -0.15) is 0 Å². The van der Waals surface area contributed by atoms with Crippen LogP contribution in [0.1, 0.15) is 36.8 Å². The molecule has 1 N–H and O–H groups in total. The van der Waals surface area contributed by atoms with Crippen molar-refractivity contribution < 1.29 is 18.0 Å². The van der Waals surface area contributed by atoms with E-state index in [9.17, 15) is 18.0 Å².